The van der Waals surface area contributed by atoms with Crippen LogP contribution in [0.3, 0.4) is 0 Å². The second kappa shape index (κ2) is 10.7. The predicted molar refractivity (Wildman–Crippen MR) is 119 cm³/mol. The number of hydrogen-bond donors (Lipinski definition) is 2. The topological polar surface area (TPSA) is 64.1 Å². The van der Waals surface area contributed by atoms with Crippen LogP contribution < -0.4 is 20.1 Å². The predicted octanol–water partition coefficient (Wildman–Crippen LogP) is 3.74. The minimum atomic E-state index is -0.0989. The molecule has 1 aromatic rings. The number of methoxy groups -OCH3 is 3. The fraction of sp³-hybridized carbons (Fsp3) is 0.696. The van der Waals surface area contributed by atoms with E-state index in [0.717, 1.165) is 43.6 Å². The fourth-order valence-electron chi connectivity index (χ4n) is 4.11. The molecule has 1 aromatic carbocycles. The highest BCUT2D eigenvalue weighted by Crippen LogP contribution is 2.40. The third kappa shape index (κ3) is 6.26. The Morgan fingerprint density at radius 1 is 1.07 bits per heavy atom. The Bertz CT molecular complexity index is 667. The van der Waals surface area contributed by atoms with Crippen molar-refractivity contribution < 1.29 is 14.2 Å². The Hall–Kier alpha value is -1.95. The molecule has 6 heteroatoms. The molecule has 0 unspecified atom stereocenters. The SMILES string of the molecule is CN=C(NCC1(CCOC)CCCC1)NCC(C)(C)c1ccc(OC)c(OC)c1. The molecule has 2 N–H and O–H groups in total. The summed E-state index contributed by atoms with van der Waals surface area (Å²) in [6.45, 7) is 6.94. The molecule has 1 fully saturated rings. The van der Waals surface area contributed by atoms with Gasteiger partial charge in [-0.1, -0.05) is 32.8 Å². The van der Waals surface area contributed by atoms with Crippen LogP contribution in [0, 0.1) is 5.41 Å². The van der Waals surface area contributed by atoms with Crippen LogP contribution in [0.1, 0.15) is 51.5 Å². The zero-order chi connectivity index (χ0) is 21.3. The summed E-state index contributed by atoms with van der Waals surface area (Å²) in [4.78, 5) is 4.44. The van der Waals surface area contributed by atoms with Crippen molar-refractivity contribution in [3.05, 3.63) is 23.8 Å². The van der Waals surface area contributed by atoms with E-state index in [4.69, 9.17) is 14.2 Å². The third-order valence-corrected chi connectivity index (χ3v) is 6.22. The molecule has 1 saturated carbocycles. The average molecular weight is 406 g/mol. The third-order valence-electron chi connectivity index (χ3n) is 6.22. The quantitative estimate of drug-likeness (QED) is 0.459. The van der Waals surface area contributed by atoms with Crippen molar-refractivity contribution in [2.45, 2.75) is 51.4 Å². The molecule has 0 radical (unpaired) electrons. The number of aliphatic imine (C=N–C) groups is 1. The molecular formula is C23H39N3O3. The van der Waals surface area contributed by atoms with Gasteiger partial charge in [0.25, 0.3) is 0 Å². The van der Waals surface area contributed by atoms with Gasteiger partial charge in [0.1, 0.15) is 0 Å². The minimum absolute atomic E-state index is 0.0989. The Kier molecular flexibility index (Phi) is 8.62. The number of guanidine groups is 1. The summed E-state index contributed by atoms with van der Waals surface area (Å²) in [5.41, 5.74) is 1.41. The van der Waals surface area contributed by atoms with Gasteiger partial charge in [-0.15, -0.1) is 0 Å². The summed E-state index contributed by atoms with van der Waals surface area (Å²) >= 11 is 0. The van der Waals surface area contributed by atoms with E-state index >= 15 is 0 Å². The fourth-order valence-corrected chi connectivity index (χ4v) is 4.11. The second-order valence-corrected chi connectivity index (χ2v) is 8.68. The van der Waals surface area contributed by atoms with Gasteiger partial charge in [-0.25, -0.2) is 0 Å². The van der Waals surface area contributed by atoms with Gasteiger partial charge in [-0.05, 0) is 42.4 Å². The van der Waals surface area contributed by atoms with Crippen molar-refractivity contribution in [3.63, 3.8) is 0 Å². The Balaban J connectivity index is 1.97. The van der Waals surface area contributed by atoms with E-state index in [2.05, 4.69) is 41.6 Å². The lowest BCUT2D eigenvalue weighted by molar-refractivity contribution is 0.138. The van der Waals surface area contributed by atoms with E-state index in [9.17, 15) is 0 Å². The zero-order valence-corrected chi connectivity index (χ0v) is 19.1. The molecule has 0 aliphatic heterocycles. The number of rotatable bonds is 10. The number of hydrogen-bond acceptors (Lipinski definition) is 4. The maximum absolute atomic E-state index is 5.47. The van der Waals surface area contributed by atoms with Gasteiger partial charge in [0.15, 0.2) is 17.5 Å². The maximum atomic E-state index is 5.47. The lowest BCUT2D eigenvalue weighted by atomic mass is 9.83. The highest BCUT2D eigenvalue weighted by Gasteiger charge is 2.33. The van der Waals surface area contributed by atoms with Gasteiger partial charge in [-0.3, -0.25) is 4.99 Å². The van der Waals surface area contributed by atoms with Gasteiger partial charge >= 0.3 is 0 Å². The number of benzene rings is 1. The first-order valence-corrected chi connectivity index (χ1v) is 10.6. The van der Waals surface area contributed by atoms with E-state index in [1.807, 2.05) is 13.1 Å². The monoisotopic (exact) mass is 405 g/mol. The van der Waals surface area contributed by atoms with Crippen molar-refractivity contribution in [3.8, 4) is 11.5 Å². The molecule has 0 bridgehead atoms. The first kappa shape index (κ1) is 23.3. The maximum Gasteiger partial charge on any atom is 0.191 e. The average Bonchev–Trinajstić information content (AvgIpc) is 3.20. The summed E-state index contributed by atoms with van der Waals surface area (Å²) in [6.07, 6.45) is 6.24. The van der Waals surface area contributed by atoms with E-state index in [1.54, 1.807) is 21.3 Å². The molecule has 0 saturated heterocycles. The van der Waals surface area contributed by atoms with E-state index < -0.39 is 0 Å². The number of ether oxygens (including phenoxy) is 3. The molecule has 1 aliphatic rings. The van der Waals surface area contributed by atoms with Crippen molar-refractivity contribution in [1.29, 1.82) is 0 Å². The van der Waals surface area contributed by atoms with Crippen LogP contribution >= 0.6 is 0 Å². The van der Waals surface area contributed by atoms with Crippen LogP contribution in [-0.4, -0.2) is 54.0 Å². The second-order valence-electron chi connectivity index (χ2n) is 8.68. The molecular weight excluding hydrogens is 366 g/mol. The molecule has 2 rings (SSSR count). The molecule has 29 heavy (non-hydrogen) atoms. The lowest BCUT2D eigenvalue weighted by Crippen LogP contribution is -2.46. The molecule has 1 aliphatic carbocycles. The van der Waals surface area contributed by atoms with Gasteiger partial charge in [0.2, 0.25) is 0 Å². The van der Waals surface area contributed by atoms with Gasteiger partial charge in [0.05, 0.1) is 14.2 Å². The van der Waals surface area contributed by atoms with Crippen molar-refractivity contribution >= 4 is 5.96 Å². The summed E-state index contributed by atoms with van der Waals surface area (Å²) < 4.78 is 16.2. The van der Waals surface area contributed by atoms with Crippen LogP contribution in [0.2, 0.25) is 0 Å². The summed E-state index contributed by atoms with van der Waals surface area (Å²) in [7, 11) is 6.94. The van der Waals surface area contributed by atoms with Crippen molar-refractivity contribution in [2.75, 3.05) is 48.1 Å². The highest BCUT2D eigenvalue weighted by atomic mass is 16.5. The zero-order valence-electron chi connectivity index (χ0n) is 19.1. The molecule has 6 nitrogen and oxygen atoms in total. The summed E-state index contributed by atoms with van der Waals surface area (Å²) in [5, 5.41) is 7.07. The van der Waals surface area contributed by atoms with Gasteiger partial charge < -0.3 is 24.8 Å². The summed E-state index contributed by atoms with van der Waals surface area (Å²) in [5.74, 6) is 2.35. The van der Waals surface area contributed by atoms with E-state index in [1.165, 1.54) is 31.2 Å². The molecule has 0 atom stereocenters. The normalized spacial score (nSPS) is 16.6. The molecule has 0 amide bonds. The van der Waals surface area contributed by atoms with Crippen LogP contribution in [0.4, 0.5) is 0 Å². The lowest BCUT2D eigenvalue weighted by Gasteiger charge is -2.31. The molecule has 164 valence electrons. The van der Waals surface area contributed by atoms with E-state index in [-0.39, 0.29) is 5.41 Å². The number of nitrogens with zero attached hydrogens (tertiary/aromatic N) is 1. The smallest absolute Gasteiger partial charge is 0.191 e. The first-order valence-electron chi connectivity index (χ1n) is 10.6. The van der Waals surface area contributed by atoms with Crippen LogP contribution in [0.25, 0.3) is 0 Å². The van der Waals surface area contributed by atoms with Crippen LogP contribution in [0.5, 0.6) is 11.5 Å². The van der Waals surface area contributed by atoms with Gasteiger partial charge in [-0.2, -0.15) is 0 Å². The standard InChI is InChI=1S/C23H39N3O3/c1-22(2,18-9-10-19(28-5)20(15-18)29-6)16-25-21(24-3)26-17-23(13-14-27-4)11-7-8-12-23/h9-10,15H,7-8,11-14,16-17H2,1-6H3,(H2,24,25,26). The van der Waals surface area contributed by atoms with Crippen molar-refractivity contribution in [2.24, 2.45) is 10.4 Å². The first-order chi connectivity index (χ1) is 13.9. The van der Waals surface area contributed by atoms with E-state index in [0.29, 0.717) is 5.41 Å². The Morgan fingerprint density at radius 2 is 1.76 bits per heavy atom. The largest absolute Gasteiger partial charge is 0.493 e. The number of nitrogens with one attached hydrogen (secondary N) is 2. The van der Waals surface area contributed by atoms with Crippen LogP contribution in [0.15, 0.2) is 23.2 Å². The van der Waals surface area contributed by atoms with Crippen molar-refractivity contribution in [1.82, 2.24) is 10.6 Å². The Morgan fingerprint density at radius 3 is 2.34 bits per heavy atom. The summed E-state index contributed by atoms with van der Waals surface area (Å²) in [6, 6.07) is 6.11. The molecule has 0 aromatic heterocycles. The molecule has 0 spiro atoms. The Labute approximate surface area is 176 Å². The van der Waals surface area contributed by atoms with Gasteiger partial charge in [0, 0.05) is 39.3 Å². The highest BCUT2D eigenvalue weighted by molar-refractivity contribution is 5.79. The molecule has 0 heterocycles. The minimum Gasteiger partial charge on any atom is -0.493 e. The van der Waals surface area contributed by atoms with Crippen LogP contribution in [-0.2, 0) is 10.2 Å².